The smallest absolute Gasteiger partial charge is 0.0820 e. The summed E-state index contributed by atoms with van der Waals surface area (Å²) in [5.74, 6) is 0.207. The number of hydrogen-bond acceptors (Lipinski definition) is 3. The van der Waals surface area contributed by atoms with Crippen LogP contribution in [0.4, 0.5) is 5.69 Å². The minimum atomic E-state index is -0.338. The standard InChI is InChI=1S/C15H11Cl3N2S/c16-10-1-3-12(13(18)5-10)9(7-19)8-21-15-4-2-11(17)6-14(15)20/h1-6,9H,8,20H2. The van der Waals surface area contributed by atoms with Crippen molar-refractivity contribution in [3.63, 3.8) is 0 Å². The van der Waals surface area contributed by atoms with Crippen molar-refractivity contribution in [2.45, 2.75) is 10.8 Å². The first-order valence-corrected chi connectivity index (χ1v) is 8.15. The average molecular weight is 358 g/mol. The van der Waals surface area contributed by atoms with Crippen molar-refractivity contribution in [2.24, 2.45) is 0 Å². The van der Waals surface area contributed by atoms with Crippen LogP contribution in [0.25, 0.3) is 0 Å². The van der Waals surface area contributed by atoms with Crippen LogP contribution in [0.3, 0.4) is 0 Å². The number of nitrogen functional groups attached to an aromatic ring is 1. The van der Waals surface area contributed by atoms with Crippen molar-refractivity contribution in [2.75, 3.05) is 11.5 Å². The lowest BCUT2D eigenvalue weighted by Crippen LogP contribution is -2.01. The predicted octanol–water partition coefficient (Wildman–Crippen LogP) is 5.63. The van der Waals surface area contributed by atoms with Gasteiger partial charge in [0.05, 0.1) is 12.0 Å². The van der Waals surface area contributed by atoms with Crippen molar-refractivity contribution < 1.29 is 0 Å². The predicted molar refractivity (Wildman–Crippen MR) is 91.4 cm³/mol. The van der Waals surface area contributed by atoms with Crippen molar-refractivity contribution in [3.8, 4) is 6.07 Å². The molecule has 0 spiro atoms. The second-order valence-electron chi connectivity index (χ2n) is 4.34. The van der Waals surface area contributed by atoms with E-state index in [2.05, 4.69) is 6.07 Å². The molecule has 108 valence electrons. The summed E-state index contributed by atoms with van der Waals surface area (Å²) in [7, 11) is 0. The Bertz CT molecular complexity index is 698. The Morgan fingerprint density at radius 1 is 1.10 bits per heavy atom. The van der Waals surface area contributed by atoms with Crippen molar-refractivity contribution in [1.29, 1.82) is 5.26 Å². The molecule has 0 saturated carbocycles. The number of benzene rings is 2. The van der Waals surface area contributed by atoms with E-state index in [1.807, 2.05) is 6.07 Å². The Kier molecular flexibility index (Phi) is 5.66. The summed E-state index contributed by atoms with van der Waals surface area (Å²) in [6.07, 6.45) is 0. The molecule has 0 aliphatic carbocycles. The zero-order valence-corrected chi connectivity index (χ0v) is 13.9. The fourth-order valence-corrected chi connectivity index (χ4v) is 3.52. The minimum Gasteiger partial charge on any atom is -0.398 e. The Morgan fingerprint density at radius 3 is 2.38 bits per heavy atom. The van der Waals surface area contributed by atoms with Crippen LogP contribution in [0.5, 0.6) is 0 Å². The van der Waals surface area contributed by atoms with E-state index >= 15 is 0 Å². The third kappa shape index (κ3) is 4.21. The van der Waals surface area contributed by atoms with Crippen LogP contribution < -0.4 is 5.73 Å². The molecule has 21 heavy (non-hydrogen) atoms. The minimum absolute atomic E-state index is 0.338. The van der Waals surface area contributed by atoms with Gasteiger partial charge in [0, 0.05) is 31.4 Å². The summed E-state index contributed by atoms with van der Waals surface area (Å²) in [6.45, 7) is 0. The van der Waals surface area contributed by atoms with Crippen molar-refractivity contribution in [1.82, 2.24) is 0 Å². The van der Waals surface area contributed by atoms with Crippen LogP contribution in [0.1, 0.15) is 11.5 Å². The van der Waals surface area contributed by atoms with Crippen LogP contribution in [0.2, 0.25) is 15.1 Å². The van der Waals surface area contributed by atoms with Gasteiger partial charge in [-0.25, -0.2) is 0 Å². The lowest BCUT2D eigenvalue weighted by molar-refractivity contribution is 0.997. The second-order valence-corrected chi connectivity index (χ2v) is 6.68. The molecule has 2 N–H and O–H groups in total. The van der Waals surface area contributed by atoms with Gasteiger partial charge >= 0.3 is 0 Å². The van der Waals surface area contributed by atoms with Crippen molar-refractivity contribution in [3.05, 3.63) is 57.0 Å². The molecule has 2 aromatic carbocycles. The molecule has 0 bridgehead atoms. The molecule has 2 aromatic rings. The highest BCUT2D eigenvalue weighted by Gasteiger charge is 2.15. The number of nitrogens with zero attached hydrogens (tertiary/aromatic N) is 1. The molecule has 0 heterocycles. The highest BCUT2D eigenvalue weighted by atomic mass is 35.5. The Hall–Kier alpha value is -1.05. The molecule has 0 radical (unpaired) electrons. The van der Waals surface area contributed by atoms with E-state index in [9.17, 15) is 5.26 Å². The summed E-state index contributed by atoms with van der Waals surface area (Å²) >= 11 is 19.4. The molecule has 0 aromatic heterocycles. The number of rotatable bonds is 4. The maximum atomic E-state index is 9.36. The third-order valence-corrected chi connectivity index (χ3v) is 4.85. The van der Waals surface area contributed by atoms with Crippen LogP contribution in [-0.4, -0.2) is 5.75 Å². The van der Waals surface area contributed by atoms with E-state index in [4.69, 9.17) is 40.5 Å². The van der Waals surface area contributed by atoms with E-state index in [-0.39, 0.29) is 5.92 Å². The molecule has 0 aliphatic rings. The van der Waals surface area contributed by atoms with Crippen LogP contribution in [0.15, 0.2) is 41.3 Å². The highest BCUT2D eigenvalue weighted by molar-refractivity contribution is 7.99. The average Bonchev–Trinajstić information content (AvgIpc) is 2.43. The monoisotopic (exact) mass is 356 g/mol. The Labute approximate surface area is 142 Å². The van der Waals surface area contributed by atoms with Gasteiger partial charge in [0.2, 0.25) is 0 Å². The number of nitrogens with two attached hydrogens (primary N) is 1. The molecule has 6 heteroatoms. The molecule has 0 aliphatic heterocycles. The van der Waals surface area contributed by atoms with E-state index < -0.39 is 0 Å². The summed E-state index contributed by atoms with van der Waals surface area (Å²) in [4.78, 5) is 0.893. The van der Waals surface area contributed by atoms with Crippen molar-refractivity contribution >= 4 is 52.3 Å². The van der Waals surface area contributed by atoms with Crippen LogP contribution in [0, 0.1) is 11.3 Å². The number of thioether (sulfide) groups is 1. The molecular weight excluding hydrogens is 347 g/mol. The molecule has 1 unspecified atom stereocenters. The van der Waals surface area contributed by atoms with Gasteiger partial charge in [0.1, 0.15) is 0 Å². The highest BCUT2D eigenvalue weighted by Crippen LogP contribution is 2.34. The zero-order valence-electron chi connectivity index (χ0n) is 10.8. The van der Waals surface area contributed by atoms with E-state index in [0.717, 1.165) is 10.5 Å². The SMILES string of the molecule is N#CC(CSc1ccc(Cl)cc1N)c1ccc(Cl)cc1Cl. The Morgan fingerprint density at radius 2 is 1.76 bits per heavy atom. The van der Waals surface area contributed by atoms with Gasteiger partial charge in [-0.15, -0.1) is 11.8 Å². The van der Waals surface area contributed by atoms with Gasteiger partial charge in [-0.2, -0.15) is 5.26 Å². The fourth-order valence-electron chi connectivity index (χ4n) is 1.80. The first-order chi connectivity index (χ1) is 10.0. The summed E-state index contributed by atoms with van der Waals surface area (Å²) in [5, 5.41) is 11.0. The summed E-state index contributed by atoms with van der Waals surface area (Å²) in [5.41, 5.74) is 7.28. The lowest BCUT2D eigenvalue weighted by atomic mass is 10.0. The normalized spacial score (nSPS) is 11.9. The van der Waals surface area contributed by atoms with E-state index in [0.29, 0.717) is 26.5 Å². The second kappa shape index (κ2) is 7.29. The maximum Gasteiger partial charge on any atom is 0.0820 e. The van der Waals surface area contributed by atoms with Gasteiger partial charge in [0.15, 0.2) is 0 Å². The van der Waals surface area contributed by atoms with Gasteiger partial charge in [-0.05, 0) is 35.9 Å². The topological polar surface area (TPSA) is 49.8 Å². The van der Waals surface area contributed by atoms with E-state index in [1.54, 1.807) is 30.3 Å². The molecular formula is C15H11Cl3N2S. The first-order valence-electron chi connectivity index (χ1n) is 6.03. The van der Waals surface area contributed by atoms with Gasteiger partial charge < -0.3 is 5.73 Å². The van der Waals surface area contributed by atoms with E-state index in [1.165, 1.54) is 11.8 Å². The fraction of sp³-hybridized carbons (Fsp3) is 0.133. The summed E-state index contributed by atoms with van der Waals surface area (Å²) in [6, 6.07) is 12.7. The molecule has 0 saturated heterocycles. The molecule has 1 atom stereocenters. The summed E-state index contributed by atoms with van der Waals surface area (Å²) < 4.78 is 0. The van der Waals surface area contributed by atoms with Gasteiger partial charge in [-0.1, -0.05) is 40.9 Å². The van der Waals surface area contributed by atoms with Gasteiger partial charge in [-0.3, -0.25) is 0 Å². The van der Waals surface area contributed by atoms with Gasteiger partial charge in [0.25, 0.3) is 0 Å². The first kappa shape index (κ1) is 16.3. The van der Waals surface area contributed by atoms with Crippen LogP contribution >= 0.6 is 46.6 Å². The zero-order chi connectivity index (χ0) is 15.4. The number of nitriles is 1. The van der Waals surface area contributed by atoms with Crippen LogP contribution in [-0.2, 0) is 0 Å². The number of anilines is 1. The molecule has 0 fully saturated rings. The Balaban J connectivity index is 2.15. The largest absolute Gasteiger partial charge is 0.398 e. The quantitative estimate of drug-likeness (QED) is 0.570. The molecule has 2 rings (SSSR count). The number of hydrogen-bond donors (Lipinski definition) is 1. The third-order valence-electron chi connectivity index (χ3n) is 2.87. The number of halogens is 3. The lowest BCUT2D eigenvalue weighted by Gasteiger charge is -2.12. The maximum absolute atomic E-state index is 9.36. The molecule has 0 amide bonds. The molecule has 2 nitrogen and oxygen atoms in total.